The molecule has 0 fully saturated rings. The summed E-state index contributed by atoms with van der Waals surface area (Å²) in [6.45, 7) is 4.22. The molecule has 1 aromatic carbocycles. The minimum Gasteiger partial charge on any atom is -0.289 e. The van der Waals surface area contributed by atoms with Crippen LogP contribution >= 0.6 is 15.9 Å². The summed E-state index contributed by atoms with van der Waals surface area (Å²) in [6, 6.07) is 5.82. The zero-order chi connectivity index (χ0) is 10.3. The summed E-state index contributed by atoms with van der Waals surface area (Å²) in [7, 11) is 0. The topological polar surface area (TPSA) is 17.1 Å². The Morgan fingerprint density at radius 3 is 2.71 bits per heavy atom. The van der Waals surface area contributed by atoms with E-state index in [0.29, 0.717) is 0 Å². The van der Waals surface area contributed by atoms with Crippen LogP contribution in [0.25, 0.3) is 0 Å². The molecule has 0 saturated carbocycles. The zero-order valence-electron chi connectivity index (χ0n) is 8.17. The molecule has 0 aliphatic heterocycles. The Bertz CT molecular complexity index is 430. The molecule has 1 aromatic rings. The molecule has 2 heteroatoms. The van der Waals surface area contributed by atoms with Gasteiger partial charge in [-0.05, 0) is 29.8 Å². The maximum absolute atomic E-state index is 11.6. The molecule has 0 N–H and O–H groups in total. The second-order valence-corrected chi connectivity index (χ2v) is 5.02. The van der Waals surface area contributed by atoms with Gasteiger partial charge in [0, 0.05) is 15.5 Å². The summed E-state index contributed by atoms with van der Waals surface area (Å²) in [5.41, 5.74) is 1.87. The molecular formula is C12H11BrO. The van der Waals surface area contributed by atoms with Crippen molar-refractivity contribution in [1.29, 1.82) is 0 Å². The molecule has 1 aliphatic carbocycles. The molecule has 72 valence electrons. The summed E-state index contributed by atoms with van der Waals surface area (Å²) < 4.78 is 1.02. The Hall–Kier alpha value is -0.890. The summed E-state index contributed by atoms with van der Waals surface area (Å²) in [6.07, 6.45) is 3.63. The van der Waals surface area contributed by atoms with Crippen molar-refractivity contribution in [2.45, 2.75) is 19.3 Å². The number of benzene rings is 1. The fraction of sp³-hybridized carbons (Fsp3) is 0.250. The summed E-state index contributed by atoms with van der Waals surface area (Å²) >= 11 is 3.43. The molecule has 1 aliphatic rings. The third kappa shape index (κ3) is 1.44. The highest BCUT2D eigenvalue weighted by Gasteiger charge is 2.26. The van der Waals surface area contributed by atoms with Gasteiger partial charge >= 0.3 is 0 Å². The molecule has 14 heavy (non-hydrogen) atoms. The first-order valence-electron chi connectivity index (χ1n) is 4.54. The highest BCUT2D eigenvalue weighted by atomic mass is 79.9. The number of halogens is 1. The highest BCUT2D eigenvalue weighted by Crippen LogP contribution is 2.33. The van der Waals surface area contributed by atoms with Crippen molar-refractivity contribution in [3.8, 4) is 0 Å². The maximum Gasteiger partial charge on any atom is 0.185 e. The zero-order valence-corrected chi connectivity index (χ0v) is 9.76. The van der Waals surface area contributed by atoms with Crippen LogP contribution < -0.4 is 0 Å². The first-order chi connectivity index (χ1) is 6.50. The van der Waals surface area contributed by atoms with Gasteiger partial charge in [0.1, 0.15) is 0 Å². The molecule has 2 rings (SSSR count). The number of allylic oxidation sites excluding steroid dienone is 2. The van der Waals surface area contributed by atoms with Crippen molar-refractivity contribution in [1.82, 2.24) is 0 Å². The number of carbonyl (C=O) groups excluding carboxylic acids is 1. The van der Waals surface area contributed by atoms with Gasteiger partial charge in [0.2, 0.25) is 0 Å². The number of ketones is 1. The van der Waals surface area contributed by atoms with Crippen molar-refractivity contribution < 1.29 is 4.79 Å². The van der Waals surface area contributed by atoms with E-state index in [-0.39, 0.29) is 11.2 Å². The van der Waals surface area contributed by atoms with Crippen LogP contribution in [-0.2, 0) is 5.41 Å². The minimum absolute atomic E-state index is 0.0486. The van der Waals surface area contributed by atoms with Gasteiger partial charge in [0.05, 0.1) is 0 Å². The molecule has 0 aromatic heterocycles. The van der Waals surface area contributed by atoms with Crippen LogP contribution in [0.4, 0.5) is 0 Å². The van der Waals surface area contributed by atoms with Gasteiger partial charge in [-0.25, -0.2) is 0 Å². The average Bonchev–Trinajstić information content (AvgIpc) is 2.12. The lowest BCUT2D eigenvalue weighted by Gasteiger charge is -2.27. The van der Waals surface area contributed by atoms with Gasteiger partial charge in [-0.15, -0.1) is 0 Å². The smallest absolute Gasteiger partial charge is 0.185 e. The van der Waals surface area contributed by atoms with Crippen LogP contribution in [0.5, 0.6) is 0 Å². The van der Waals surface area contributed by atoms with Gasteiger partial charge in [-0.2, -0.15) is 0 Å². The third-order valence-electron chi connectivity index (χ3n) is 2.59. The summed E-state index contributed by atoms with van der Waals surface area (Å²) in [4.78, 5) is 11.6. The first-order valence-corrected chi connectivity index (χ1v) is 5.33. The molecule has 0 spiro atoms. The summed E-state index contributed by atoms with van der Waals surface area (Å²) in [5.74, 6) is 0.104. The lowest BCUT2D eigenvalue weighted by atomic mass is 9.77. The molecule has 0 bridgehead atoms. The average molecular weight is 251 g/mol. The Labute approximate surface area is 92.0 Å². The largest absolute Gasteiger partial charge is 0.289 e. The summed E-state index contributed by atoms with van der Waals surface area (Å²) in [5, 5.41) is 0. The number of hydrogen-bond donors (Lipinski definition) is 0. The number of carbonyl (C=O) groups is 1. The molecule has 0 radical (unpaired) electrons. The molecule has 0 unspecified atom stereocenters. The quantitative estimate of drug-likeness (QED) is 0.689. The van der Waals surface area contributed by atoms with Gasteiger partial charge in [0.25, 0.3) is 0 Å². The van der Waals surface area contributed by atoms with Crippen molar-refractivity contribution in [2.75, 3.05) is 0 Å². The van der Waals surface area contributed by atoms with E-state index in [1.807, 2.05) is 24.3 Å². The van der Waals surface area contributed by atoms with E-state index < -0.39 is 0 Å². The van der Waals surface area contributed by atoms with Gasteiger partial charge in [-0.3, -0.25) is 4.79 Å². The van der Waals surface area contributed by atoms with Crippen LogP contribution in [0.1, 0.15) is 29.8 Å². The van der Waals surface area contributed by atoms with Crippen LogP contribution in [-0.4, -0.2) is 5.78 Å². The fourth-order valence-corrected chi connectivity index (χ4v) is 2.09. The molecule has 0 heterocycles. The predicted molar refractivity (Wildman–Crippen MR) is 60.6 cm³/mol. The van der Waals surface area contributed by atoms with Gasteiger partial charge < -0.3 is 0 Å². The fourth-order valence-electron chi connectivity index (χ4n) is 1.73. The number of rotatable bonds is 0. The Morgan fingerprint density at radius 1 is 1.29 bits per heavy atom. The Morgan fingerprint density at radius 2 is 2.00 bits per heavy atom. The maximum atomic E-state index is 11.6. The van der Waals surface area contributed by atoms with Crippen molar-refractivity contribution in [3.63, 3.8) is 0 Å². The Balaban J connectivity index is 2.70. The predicted octanol–water partition coefficient (Wildman–Crippen LogP) is 3.48. The van der Waals surface area contributed by atoms with E-state index in [1.54, 1.807) is 6.08 Å². The van der Waals surface area contributed by atoms with E-state index in [2.05, 4.69) is 29.8 Å². The lowest BCUT2D eigenvalue weighted by molar-refractivity contribution is 0.104. The lowest BCUT2D eigenvalue weighted by Crippen LogP contribution is -2.22. The normalized spacial score (nSPS) is 18.1. The highest BCUT2D eigenvalue weighted by molar-refractivity contribution is 9.10. The van der Waals surface area contributed by atoms with Crippen LogP contribution in [0.2, 0.25) is 0 Å². The minimum atomic E-state index is -0.0486. The first kappa shape index (κ1) is 9.66. The molecule has 0 amide bonds. The third-order valence-corrected chi connectivity index (χ3v) is 3.09. The second kappa shape index (κ2) is 3.06. The monoisotopic (exact) mass is 250 g/mol. The van der Waals surface area contributed by atoms with Crippen molar-refractivity contribution in [2.24, 2.45) is 0 Å². The van der Waals surface area contributed by atoms with Crippen molar-refractivity contribution in [3.05, 3.63) is 46.0 Å². The SMILES string of the molecule is CC1(C)C=CC(=O)c2ccc(Br)cc21. The van der Waals surface area contributed by atoms with E-state index in [4.69, 9.17) is 0 Å². The standard InChI is InChI=1S/C12H11BrO/c1-12(2)6-5-11(14)9-4-3-8(13)7-10(9)12/h3-7H,1-2H3. The van der Waals surface area contributed by atoms with Crippen LogP contribution in [0.15, 0.2) is 34.8 Å². The van der Waals surface area contributed by atoms with Gasteiger partial charge in [0.15, 0.2) is 5.78 Å². The van der Waals surface area contributed by atoms with E-state index in [9.17, 15) is 4.79 Å². The second-order valence-electron chi connectivity index (χ2n) is 4.11. The van der Waals surface area contributed by atoms with Crippen LogP contribution in [0, 0.1) is 0 Å². The van der Waals surface area contributed by atoms with E-state index >= 15 is 0 Å². The van der Waals surface area contributed by atoms with Crippen molar-refractivity contribution >= 4 is 21.7 Å². The Kier molecular flexibility index (Phi) is 2.11. The van der Waals surface area contributed by atoms with E-state index in [1.165, 1.54) is 0 Å². The molecule has 0 atom stereocenters. The molecule has 0 saturated heterocycles. The van der Waals surface area contributed by atoms with Crippen LogP contribution in [0.3, 0.4) is 0 Å². The molecular weight excluding hydrogens is 240 g/mol. The van der Waals surface area contributed by atoms with E-state index in [0.717, 1.165) is 15.6 Å². The number of hydrogen-bond acceptors (Lipinski definition) is 1. The number of fused-ring (bicyclic) bond motifs is 1. The molecule has 1 nitrogen and oxygen atoms in total. The van der Waals surface area contributed by atoms with Gasteiger partial charge in [-0.1, -0.05) is 35.9 Å².